The molecule has 5 rings (SSSR count). The lowest BCUT2D eigenvalue weighted by molar-refractivity contribution is 0.248. The summed E-state index contributed by atoms with van der Waals surface area (Å²) in [5.74, 6) is 0.879. The van der Waals surface area contributed by atoms with Crippen LogP contribution in [0.25, 0.3) is 0 Å². The van der Waals surface area contributed by atoms with Gasteiger partial charge in [-0.15, -0.1) is 5.10 Å². The first-order valence-electron chi connectivity index (χ1n) is 12.0. The van der Waals surface area contributed by atoms with E-state index in [2.05, 4.69) is 73.9 Å². The first-order valence-corrected chi connectivity index (χ1v) is 12.7. The maximum atomic E-state index is 6.41. The zero-order valence-corrected chi connectivity index (χ0v) is 21.0. The minimum absolute atomic E-state index is 0.0000641. The molecule has 180 valence electrons. The summed E-state index contributed by atoms with van der Waals surface area (Å²) >= 11 is 12.5. The Kier molecular flexibility index (Phi) is 7.62. The highest BCUT2D eigenvalue weighted by Gasteiger charge is 2.23. The highest BCUT2D eigenvalue weighted by Crippen LogP contribution is 2.31. The van der Waals surface area contributed by atoms with Gasteiger partial charge in [0.15, 0.2) is 5.82 Å². The molecule has 0 amide bonds. The first kappa shape index (κ1) is 23.8. The van der Waals surface area contributed by atoms with Crippen LogP contribution in [0.2, 0.25) is 10.0 Å². The minimum atomic E-state index is 0.0000641. The Morgan fingerprint density at radius 2 is 1.43 bits per heavy atom. The van der Waals surface area contributed by atoms with Crippen LogP contribution in [0, 0.1) is 0 Å². The fraction of sp³-hybridized carbons (Fsp3) is 0.296. The molecule has 4 aromatic rings. The number of aryl methyl sites for hydroxylation is 1. The third-order valence-electron chi connectivity index (χ3n) is 6.55. The fourth-order valence-corrected chi connectivity index (χ4v) is 5.28. The van der Waals surface area contributed by atoms with Gasteiger partial charge in [0, 0.05) is 44.3 Å². The van der Waals surface area contributed by atoms with Crippen LogP contribution in [-0.2, 0) is 6.54 Å². The van der Waals surface area contributed by atoms with Gasteiger partial charge in [0.1, 0.15) is 0 Å². The van der Waals surface area contributed by atoms with Crippen LogP contribution in [0.5, 0.6) is 0 Å². The maximum absolute atomic E-state index is 6.41. The van der Waals surface area contributed by atoms with Crippen molar-refractivity contribution >= 4 is 28.9 Å². The lowest BCUT2D eigenvalue weighted by Crippen LogP contribution is -2.46. The Balaban J connectivity index is 1.21. The molecular weight excluding hydrogens is 479 g/mol. The summed E-state index contributed by atoms with van der Waals surface area (Å²) in [7, 11) is 0. The van der Waals surface area contributed by atoms with Gasteiger partial charge in [-0.25, -0.2) is 4.68 Å². The first-order chi connectivity index (χ1) is 17.2. The minimum Gasteiger partial charge on any atom is -0.368 e. The van der Waals surface area contributed by atoms with Crippen LogP contribution < -0.4 is 4.90 Å². The summed E-state index contributed by atoms with van der Waals surface area (Å²) in [6.45, 7) is 5.67. The monoisotopic (exact) mass is 506 g/mol. The second-order valence-corrected chi connectivity index (χ2v) is 9.64. The normalized spacial score (nSPS) is 14.5. The van der Waals surface area contributed by atoms with Gasteiger partial charge in [0.25, 0.3) is 0 Å². The Morgan fingerprint density at radius 1 is 0.771 bits per heavy atom. The van der Waals surface area contributed by atoms with E-state index in [0.717, 1.165) is 57.2 Å². The average Bonchev–Trinajstić information content (AvgIpc) is 3.34. The van der Waals surface area contributed by atoms with Crippen LogP contribution >= 0.6 is 23.2 Å². The molecule has 0 radical (unpaired) electrons. The van der Waals surface area contributed by atoms with Gasteiger partial charge in [0.2, 0.25) is 0 Å². The molecule has 1 aliphatic heterocycles. The van der Waals surface area contributed by atoms with Gasteiger partial charge >= 0.3 is 0 Å². The Bertz CT molecular complexity index is 1180. The van der Waals surface area contributed by atoms with E-state index in [0.29, 0.717) is 10.0 Å². The number of anilines is 1. The highest BCUT2D eigenvalue weighted by molar-refractivity contribution is 6.36. The SMILES string of the molecule is Clc1ccc(N2CCN(CCCn3nnnc3C(c3ccccc3)c3ccccc3)CC2)c(Cl)c1. The van der Waals surface area contributed by atoms with E-state index >= 15 is 0 Å². The maximum Gasteiger partial charge on any atom is 0.163 e. The van der Waals surface area contributed by atoms with Crippen LogP contribution in [0.4, 0.5) is 5.69 Å². The second kappa shape index (κ2) is 11.2. The predicted octanol–water partition coefficient (Wildman–Crippen LogP) is 5.37. The molecule has 0 unspecified atom stereocenters. The molecule has 35 heavy (non-hydrogen) atoms. The van der Waals surface area contributed by atoms with Crippen molar-refractivity contribution in [1.29, 1.82) is 0 Å². The molecule has 1 aliphatic rings. The molecule has 6 nitrogen and oxygen atoms in total. The Hall–Kier alpha value is -2.93. The number of halogens is 2. The number of piperazine rings is 1. The van der Waals surface area contributed by atoms with E-state index in [9.17, 15) is 0 Å². The third-order valence-corrected chi connectivity index (χ3v) is 7.09. The molecule has 1 fully saturated rings. The number of hydrogen-bond donors (Lipinski definition) is 0. The molecule has 1 aromatic heterocycles. The molecule has 8 heteroatoms. The van der Waals surface area contributed by atoms with Gasteiger partial charge in [-0.2, -0.15) is 0 Å². The van der Waals surface area contributed by atoms with Gasteiger partial charge in [0.05, 0.1) is 16.6 Å². The Labute approximate surface area is 216 Å². The van der Waals surface area contributed by atoms with E-state index < -0.39 is 0 Å². The van der Waals surface area contributed by atoms with Crippen molar-refractivity contribution < 1.29 is 0 Å². The van der Waals surface area contributed by atoms with Gasteiger partial charge in [-0.1, -0.05) is 83.9 Å². The number of nitrogens with zero attached hydrogens (tertiary/aromatic N) is 6. The third kappa shape index (κ3) is 5.67. The number of hydrogen-bond acceptors (Lipinski definition) is 5. The summed E-state index contributed by atoms with van der Waals surface area (Å²) in [5.41, 5.74) is 3.43. The van der Waals surface area contributed by atoms with Crippen LogP contribution in [0.1, 0.15) is 29.3 Å². The van der Waals surface area contributed by atoms with Crippen molar-refractivity contribution in [2.75, 3.05) is 37.6 Å². The molecule has 0 bridgehead atoms. The van der Waals surface area contributed by atoms with Crippen LogP contribution in [0.15, 0.2) is 78.9 Å². The molecular formula is C27H28Cl2N6. The van der Waals surface area contributed by atoms with Crippen LogP contribution in [0.3, 0.4) is 0 Å². The van der Waals surface area contributed by atoms with E-state index in [1.165, 1.54) is 11.1 Å². The lowest BCUT2D eigenvalue weighted by atomic mass is 9.90. The molecule has 0 saturated carbocycles. The number of benzene rings is 3. The summed E-state index contributed by atoms with van der Waals surface area (Å²) in [4.78, 5) is 4.83. The standard InChI is InChI=1S/C27H28Cl2N6/c28-23-12-13-25(24(29)20-23)34-18-16-33(17-19-34)14-7-15-35-27(30-31-32-35)26(21-8-3-1-4-9-21)22-10-5-2-6-11-22/h1-6,8-13,20,26H,7,14-19H2. The largest absolute Gasteiger partial charge is 0.368 e. The fourth-order valence-electron chi connectivity index (χ4n) is 4.75. The van der Waals surface area contributed by atoms with E-state index in [-0.39, 0.29) is 5.92 Å². The molecule has 0 spiro atoms. The topological polar surface area (TPSA) is 50.1 Å². The number of rotatable bonds is 8. The van der Waals surface area contributed by atoms with Crippen molar-refractivity contribution in [3.63, 3.8) is 0 Å². The van der Waals surface area contributed by atoms with Gasteiger partial charge in [-0.3, -0.25) is 4.90 Å². The summed E-state index contributed by atoms with van der Waals surface area (Å²) in [5, 5.41) is 14.2. The number of tetrazole rings is 1. The smallest absolute Gasteiger partial charge is 0.163 e. The van der Waals surface area contributed by atoms with Gasteiger partial charge < -0.3 is 4.90 Å². The predicted molar refractivity (Wildman–Crippen MR) is 141 cm³/mol. The highest BCUT2D eigenvalue weighted by atomic mass is 35.5. The average molecular weight is 507 g/mol. The summed E-state index contributed by atoms with van der Waals surface area (Å²) in [6, 6.07) is 26.6. The number of aromatic nitrogens is 4. The molecule has 3 aromatic carbocycles. The van der Waals surface area contributed by atoms with Crippen molar-refractivity contribution in [1.82, 2.24) is 25.1 Å². The molecule has 0 N–H and O–H groups in total. The molecule has 0 aliphatic carbocycles. The van der Waals surface area contributed by atoms with Crippen molar-refractivity contribution in [2.24, 2.45) is 0 Å². The second-order valence-electron chi connectivity index (χ2n) is 8.79. The zero-order chi connectivity index (χ0) is 24.0. The van der Waals surface area contributed by atoms with Gasteiger partial charge in [-0.05, 0) is 46.2 Å². The van der Waals surface area contributed by atoms with Crippen molar-refractivity contribution in [3.05, 3.63) is 106 Å². The van der Waals surface area contributed by atoms with Crippen molar-refractivity contribution in [2.45, 2.75) is 18.9 Å². The van der Waals surface area contributed by atoms with E-state index in [4.69, 9.17) is 23.2 Å². The zero-order valence-electron chi connectivity index (χ0n) is 19.5. The summed E-state index contributed by atoms with van der Waals surface area (Å²) in [6.07, 6.45) is 0.982. The lowest BCUT2D eigenvalue weighted by Gasteiger charge is -2.36. The Morgan fingerprint density at radius 3 is 2.06 bits per heavy atom. The van der Waals surface area contributed by atoms with Crippen molar-refractivity contribution in [3.8, 4) is 0 Å². The van der Waals surface area contributed by atoms with E-state index in [1.807, 2.05) is 35.0 Å². The quantitative estimate of drug-likeness (QED) is 0.321. The summed E-state index contributed by atoms with van der Waals surface area (Å²) < 4.78 is 1.97. The molecule has 1 saturated heterocycles. The molecule has 2 heterocycles. The van der Waals surface area contributed by atoms with E-state index in [1.54, 1.807) is 0 Å². The van der Waals surface area contributed by atoms with Crippen LogP contribution in [-0.4, -0.2) is 57.8 Å². The molecule has 0 atom stereocenters.